The number of rotatable bonds is 11. The zero-order valence-corrected chi connectivity index (χ0v) is 32.6. The second-order valence-corrected chi connectivity index (χ2v) is 15.9. The van der Waals surface area contributed by atoms with Crippen molar-refractivity contribution in [3.8, 4) is 34.8 Å². The molecule has 2 N–H and O–H groups in total. The summed E-state index contributed by atoms with van der Waals surface area (Å²) in [4.78, 5) is 31.0. The highest BCUT2D eigenvalue weighted by Gasteiger charge is 2.69. The molecule has 0 spiro atoms. The summed E-state index contributed by atoms with van der Waals surface area (Å²) in [6, 6.07) is 2.29. The van der Waals surface area contributed by atoms with Gasteiger partial charge in [0.05, 0.1) is 25.3 Å². The smallest absolute Gasteiger partial charge is 0.408 e. The average molecular weight is 746 g/mol. The van der Waals surface area contributed by atoms with Crippen molar-refractivity contribution in [2.75, 3.05) is 41.0 Å². The first-order chi connectivity index (χ1) is 25.7. The minimum Gasteiger partial charge on any atom is -0.493 e. The van der Waals surface area contributed by atoms with Crippen molar-refractivity contribution in [1.29, 1.82) is 5.26 Å². The first-order valence-corrected chi connectivity index (χ1v) is 18.5. The first-order valence-electron chi connectivity index (χ1n) is 18.5. The summed E-state index contributed by atoms with van der Waals surface area (Å²) in [6.45, 7) is 17.4. The molecule has 0 radical (unpaired) electrons. The van der Waals surface area contributed by atoms with E-state index in [-0.39, 0.29) is 50.4 Å². The van der Waals surface area contributed by atoms with Crippen molar-refractivity contribution in [1.82, 2.24) is 20.4 Å². The van der Waals surface area contributed by atoms with Crippen LogP contribution in [-0.4, -0.2) is 92.5 Å². The van der Waals surface area contributed by atoms with Crippen molar-refractivity contribution in [2.24, 2.45) is 0 Å². The van der Waals surface area contributed by atoms with Gasteiger partial charge < -0.3 is 43.8 Å². The van der Waals surface area contributed by atoms with Gasteiger partial charge in [0.25, 0.3) is 0 Å². The van der Waals surface area contributed by atoms with Crippen LogP contribution in [0.1, 0.15) is 86.5 Å². The van der Waals surface area contributed by atoms with Crippen LogP contribution in [0.3, 0.4) is 0 Å². The third-order valence-corrected chi connectivity index (χ3v) is 11.4. The third kappa shape index (κ3) is 5.79. The number of benzene rings is 2. The van der Waals surface area contributed by atoms with Crippen molar-refractivity contribution in [3.63, 3.8) is 0 Å². The number of carbonyl (C=O) groups is 2. The number of fused-ring (bicyclic) bond motifs is 8. The van der Waals surface area contributed by atoms with Crippen LogP contribution in [0, 0.1) is 25.2 Å². The van der Waals surface area contributed by atoms with Gasteiger partial charge in [0.1, 0.15) is 30.0 Å². The van der Waals surface area contributed by atoms with E-state index in [0.29, 0.717) is 35.2 Å². The molecule has 5 heterocycles. The van der Waals surface area contributed by atoms with Crippen LogP contribution >= 0.6 is 0 Å². The summed E-state index contributed by atoms with van der Waals surface area (Å²) in [7, 11) is 3.23. The molecule has 0 aromatic heterocycles. The number of amides is 2. The van der Waals surface area contributed by atoms with Gasteiger partial charge in [-0.2, -0.15) is 5.26 Å². The quantitative estimate of drug-likeness (QED) is 0.239. The fourth-order valence-corrected chi connectivity index (χ4v) is 9.51. The number of carbonyl (C=O) groups excluding carboxylic acids is 2. The number of alkyl carbamates (subject to hydrolysis) is 1. The molecular weight excluding hydrogens is 694 g/mol. The summed E-state index contributed by atoms with van der Waals surface area (Å²) in [5.74, 6) is 2.70. The minimum atomic E-state index is -0.901. The van der Waals surface area contributed by atoms with E-state index >= 15 is 0 Å². The van der Waals surface area contributed by atoms with E-state index in [4.69, 9.17) is 33.2 Å². The van der Waals surface area contributed by atoms with Crippen LogP contribution in [0.4, 0.5) is 4.79 Å². The molecule has 5 aliphatic heterocycles. The molecule has 7 atom stereocenters. The van der Waals surface area contributed by atoms with Gasteiger partial charge in [-0.05, 0) is 78.5 Å². The molecule has 0 bridgehead atoms. The molecule has 14 nitrogen and oxygen atoms in total. The highest BCUT2D eigenvalue weighted by atomic mass is 16.7. The fraction of sp³-hybridized carbons (Fsp3) is 0.575. The van der Waals surface area contributed by atoms with Crippen LogP contribution in [0.2, 0.25) is 0 Å². The van der Waals surface area contributed by atoms with Gasteiger partial charge in [-0.15, -0.1) is 0 Å². The Morgan fingerprint density at radius 1 is 1.13 bits per heavy atom. The van der Waals surface area contributed by atoms with Gasteiger partial charge in [-0.3, -0.25) is 14.6 Å². The highest BCUT2D eigenvalue weighted by molar-refractivity contribution is 5.85. The van der Waals surface area contributed by atoms with Crippen LogP contribution in [0.5, 0.6) is 28.7 Å². The summed E-state index contributed by atoms with van der Waals surface area (Å²) in [5.41, 5.74) is 4.58. The van der Waals surface area contributed by atoms with E-state index in [0.717, 1.165) is 39.8 Å². The molecule has 14 heteroatoms. The second-order valence-electron chi connectivity index (χ2n) is 15.9. The van der Waals surface area contributed by atoms with E-state index in [1.165, 1.54) is 0 Å². The minimum absolute atomic E-state index is 0.0264. The van der Waals surface area contributed by atoms with E-state index in [2.05, 4.69) is 46.1 Å². The molecule has 2 aromatic carbocycles. The lowest BCUT2D eigenvalue weighted by Gasteiger charge is -2.65. The maximum absolute atomic E-state index is 13.7. The van der Waals surface area contributed by atoms with Crippen molar-refractivity contribution in [2.45, 2.75) is 109 Å². The van der Waals surface area contributed by atoms with Crippen molar-refractivity contribution >= 4 is 12.0 Å². The Labute approximate surface area is 316 Å². The SMILES string of the molecule is C=CCOc1c(C)c2c(c3c1C[C@H]1[C@@H]4c5c(cc(C)c(OC)c5OCOC)[C@@]5(C)C[C@H]([C@H](C#N)N1[C@H]3CNC(=O)[C@H](C)NC(=O)OC(C)(C)C)N45)OCO2. The van der Waals surface area contributed by atoms with Crippen LogP contribution in [0.25, 0.3) is 0 Å². The Morgan fingerprint density at radius 2 is 1.87 bits per heavy atom. The van der Waals surface area contributed by atoms with Crippen LogP contribution in [0.15, 0.2) is 18.7 Å². The number of aryl methyl sites for hydroxylation is 1. The molecule has 5 aliphatic rings. The Morgan fingerprint density at radius 3 is 2.54 bits per heavy atom. The third-order valence-electron chi connectivity index (χ3n) is 11.4. The van der Waals surface area contributed by atoms with Crippen LogP contribution in [-0.2, 0) is 26.2 Å². The molecular formula is C40H51N5O9. The maximum Gasteiger partial charge on any atom is 0.408 e. The molecule has 0 aliphatic carbocycles. The molecule has 2 aromatic rings. The summed E-state index contributed by atoms with van der Waals surface area (Å²) >= 11 is 0. The van der Waals surface area contributed by atoms with Gasteiger partial charge in [-0.1, -0.05) is 12.7 Å². The Balaban J connectivity index is 1.37. The second kappa shape index (κ2) is 13.9. The van der Waals surface area contributed by atoms with Gasteiger partial charge >= 0.3 is 6.09 Å². The number of hydrogen-bond acceptors (Lipinski definition) is 12. The molecule has 2 fully saturated rings. The Bertz CT molecular complexity index is 1920. The van der Waals surface area contributed by atoms with Gasteiger partial charge in [0, 0.05) is 53.5 Å². The number of methoxy groups -OCH3 is 2. The number of ether oxygens (including phenoxy) is 7. The lowest BCUT2D eigenvalue weighted by atomic mass is 9.70. The van der Waals surface area contributed by atoms with Gasteiger partial charge in [0.2, 0.25) is 12.7 Å². The first kappa shape index (κ1) is 37.6. The van der Waals surface area contributed by atoms with E-state index in [1.54, 1.807) is 48.0 Å². The largest absolute Gasteiger partial charge is 0.493 e. The number of nitrogens with one attached hydrogen (secondary N) is 2. The number of nitriles is 1. The van der Waals surface area contributed by atoms with E-state index in [9.17, 15) is 14.9 Å². The number of piperazine rings is 1. The van der Waals surface area contributed by atoms with Crippen molar-refractivity contribution in [3.05, 3.63) is 52.1 Å². The standard InChI is InChI=1S/C40H51N5O9/c1-11-12-50-33-21(3)34-35(53-19-52-34)29-23(33)14-25-31-30-24(13-20(2)32(49-10)36(30)51-18-48-9)40(8)15-26(45(31)40)27(16-41)44(25)28(29)17-42-37(46)22(4)43-38(47)54-39(5,6)7/h11,13,22,25-28,31H,1,12,14-15,17-19H2,2-10H3,(H,42,46)(H,43,47)/t22-,25-,26+,27-,28-,31+,40+/m0/s1. The zero-order valence-electron chi connectivity index (χ0n) is 32.6. The summed E-state index contributed by atoms with van der Waals surface area (Å²) in [5, 5.41) is 16.8. The fourth-order valence-electron chi connectivity index (χ4n) is 9.51. The van der Waals surface area contributed by atoms with Crippen LogP contribution < -0.4 is 34.3 Å². The number of hydrogen-bond donors (Lipinski definition) is 2. The molecule has 2 saturated heterocycles. The predicted octanol–water partition coefficient (Wildman–Crippen LogP) is 4.84. The Kier molecular flexibility index (Phi) is 9.65. The highest BCUT2D eigenvalue weighted by Crippen LogP contribution is 2.67. The molecule has 7 rings (SSSR count). The lowest BCUT2D eigenvalue weighted by Crippen LogP contribution is -2.75. The molecule has 0 unspecified atom stereocenters. The molecule has 54 heavy (non-hydrogen) atoms. The van der Waals surface area contributed by atoms with E-state index in [1.807, 2.05) is 13.8 Å². The molecule has 0 saturated carbocycles. The van der Waals surface area contributed by atoms with Crippen molar-refractivity contribution < 1.29 is 42.7 Å². The van der Waals surface area contributed by atoms with Gasteiger partial charge in [-0.25, -0.2) is 4.79 Å². The average Bonchev–Trinajstić information content (AvgIpc) is 3.68. The number of nitrogens with zero attached hydrogens (tertiary/aromatic N) is 3. The molecule has 2 amide bonds. The topological polar surface area (TPSA) is 153 Å². The molecule has 290 valence electrons. The summed E-state index contributed by atoms with van der Waals surface area (Å²) in [6.07, 6.45) is 2.26. The lowest BCUT2D eigenvalue weighted by molar-refractivity contribution is -0.179. The monoisotopic (exact) mass is 745 g/mol. The zero-order chi connectivity index (χ0) is 38.9. The predicted molar refractivity (Wildman–Crippen MR) is 197 cm³/mol. The van der Waals surface area contributed by atoms with E-state index < -0.39 is 35.7 Å². The van der Waals surface area contributed by atoms with Gasteiger partial charge in [0.15, 0.2) is 29.8 Å². The maximum atomic E-state index is 13.7. The Hall–Kier alpha value is -4.71. The summed E-state index contributed by atoms with van der Waals surface area (Å²) < 4.78 is 41.9. The normalized spacial score (nSPS) is 26.5.